The molecule has 0 saturated carbocycles. The van der Waals surface area contributed by atoms with E-state index in [9.17, 15) is 18.0 Å². The molecule has 1 heterocycles. The molecule has 0 spiro atoms. The van der Waals surface area contributed by atoms with Crippen molar-refractivity contribution >= 4 is 21.7 Å². The van der Waals surface area contributed by atoms with Crippen LogP contribution in [-0.4, -0.2) is 49.6 Å². The van der Waals surface area contributed by atoms with Crippen molar-refractivity contribution in [2.75, 3.05) is 19.3 Å². The van der Waals surface area contributed by atoms with Crippen LogP contribution in [0.25, 0.3) is 0 Å². The molecule has 1 saturated heterocycles. The maximum atomic E-state index is 12.8. The van der Waals surface area contributed by atoms with Crippen LogP contribution in [0, 0.1) is 0 Å². The number of benzene rings is 1. The highest BCUT2D eigenvalue weighted by Crippen LogP contribution is 2.21. The van der Waals surface area contributed by atoms with Crippen molar-refractivity contribution in [2.45, 2.75) is 24.7 Å². The van der Waals surface area contributed by atoms with Crippen LogP contribution in [0.2, 0.25) is 0 Å². The predicted octanol–water partition coefficient (Wildman–Crippen LogP) is 1.65. The van der Waals surface area contributed by atoms with Crippen LogP contribution in [0.15, 0.2) is 41.3 Å². The lowest BCUT2D eigenvalue weighted by Crippen LogP contribution is -2.45. The molecule has 2 amide bonds. The molecule has 0 atom stereocenters. The molecule has 1 fully saturated rings. The van der Waals surface area contributed by atoms with Gasteiger partial charge in [-0.15, -0.1) is 0 Å². The van der Waals surface area contributed by atoms with E-state index >= 15 is 0 Å². The molecular weight excluding hydrogens is 316 g/mol. The molecule has 0 bridgehead atoms. The smallest absolute Gasteiger partial charge is 0.273 e. The molecule has 6 nitrogen and oxygen atoms in total. The quantitative estimate of drug-likeness (QED) is 0.784. The minimum atomic E-state index is -3.52. The van der Waals surface area contributed by atoms with E-state index in [1.807, 2.05) is 6.92 Å². The molecule has 7 heteroatoms. The van der Waals surface area contributed by atoms with Crippen LogP contribution < -0.4 is 0 Å². The highest BCUT2D eigenvalue weighted by Gasteiger charge is 2.32. The molecule has 1 aliphatic heterocycles. The van der Waals surface area contributed by atoms with Gasteiger partial charge in [-0.2, -0.15) is 0 Å². The summed E-state index contributed by atoms with van der Waals surface area (Å²) >= 11 is 0. The van der Waals surface area contributed by atoms with E-state index < -0.39 is 15.7 Å². The zero-order valence-electron chi connectivity index (χ0n) is 13.2. The molecule has 0 N–H and O–H groups in total. The number of hydrogen-bond donors (Lipinski definition) is 0. The number of nitrogens with zero attached hydrogens (tertiary/aromatic N) is 2. The van der Waals surface area contributed by atoms with Gasteiger partial charge in [-0.1, -0.05) is 24.3 Å². The Morgan fingerprint density at radius 2 is 1.83 bits per heavy atom. The van der Waals surface area contributed by atoms with Gasteiger partial charge in [0.05, 0.1) is 10.5 Å². The second-order valence-electron chi connectivity index (χ2n) is 5.34. The standard InChI is InChI=1S/C16H20N2O4S/c1-3-4-10-15(19)17-11-7-12-18(17)16(20)13-8-5-6-9-14(13)23(2,21)22/h3-6,8-9H,7,10-12H2,1-2H3. The summed E-state index contributed by atoms with van der Waals surface area (Å²) < 4.78 is 23.7. The number of sulfone groups is 1. The zero-order valence-corrected chi connectivity index (χ0v) is 14.0. The maximum Gasteiger partial charge on any atom is 0.273 e. The van der Waals surface area contributed by atoms with Crippen LogP contribution in [-0.2, 0) is 14.6 Å². The number of amides is 2. The fraction of sp³-hybridized carbons (Fsp3) is 0.375. The van der Waals surface area contributed by atoms with Gasteiger partial charge in [0, 0.05) is 25.8 Å². The minimum absolute atomic E-state index is 0.0160. The monoisotopic (exact) mass is 336 g/mol. The zero-order chi connectivity index (χ0) is 17.0. The second-order valence-corrected chi connectivity index (χ2v) is 7.32. The molecular formula is C16H20N2O4S. The van der Waals surface area contributed by atoms with Crippen molar-refractivity contribution in [1.29, 1.82) is 0 Å². The van der Waals surface area contributed by atoms with Gasteiger partial charge in [-0.3, -0.25) is 14.6 Å². The summed E-state index contributed by atoms with van der Waals surface area (Å²) in [6.07, 6.45) is 5.47. The largest absolute Gasteiger partial charge is 0.273 e. The number of allylic oxidation sites excluding steroid dienone is 1. The van der Waals surface area contributed by atoms with Crippen molar-refractivity contribution < 1.29 is 18.0 Å². The summed E-state index contributed by atoms with van der Waals surface area (Å²) in [5.41, 5.74) is 0.0979. The Morgan fingerprint density at radius 3 is 2.48 bits per heavy atom. The van der Waals surface area contributed by atoms with Gasteiger partial charge in [0.25, 0.3) is 5.91 Å². The Morgan fingerprint density at radius 1 is 1.17 bits per heavy atom. The number of carbonyl (C=O) groups excluding carboxylic acids is 2. The molecule has 23 heavy (non-hydrogen) atoms. The van der Waals surface area contributed by atoms with Crippen molar-refractivity contribution in [3.63, 3.8) is 0 Å². The molecule has 0 radical (unpaired) electrons. The summed E-state index contributed by atoms with van der Waals surface area (Å²) in [5, 5.41) is 2.75. The number of carbonyl (C=O) groups is 2. The highest BCUT2D eigenvalue weighted by atomic mass is 32.2. The van der Waals surface area contributed by atoms with Crippen LogP contribution in [0.5, 0.6) is 0 Å². The second kappa shape index (κ2) is 6.95. The summed E-state index contributed by atoms with van der Waals surface area (Å²) in [4.78, 5) is 24.9. The van der Waals surface area contributed by atoms with E-state index in [1.165, 1.54) is 22.2 Å². The first-order valence-electron chi connectivity index (χ1n) is 7.38. The third-order valence-electron chi connectivity index (χ3n) is 3.60. The van der Waals surface area contributed by atoms with Crippen molar-refractivity contribution in [1.82, 2.24) is 10.0 Å². The van der Waals surface area contributed by atoms with Gasteiger partial charge in [-0.05, 0) is 25.5 Å². The first-order valence-corrected chi connectivity index (χ1v) is 9.27. The van der Waals surface area contributed by atoms with E-state index in [1.54, 1.807) is 24.3 Å². The van der Waals surface area contributed by atoms with Crippen molar-refractivity contribution in [2.24, 2.45) is 0 Å². The molecule has 2 rings (SSSR count). The minimum Gasteiger partial charge on any atom is -0.273 e. The Hall–Kier alpha value is -2.15. The number of rotatable bonds is 4. The van der Waals surface area contributed by atoms with E-state index in [4.69, 9.17) is 0 Å². The topological polar surface area (TPSA) is 74.8 Å². The lowest BCUT2D eigenvalue weighted by molar-refractivity contribution is -0.139. The molecule has 0 aromatic heterocycles. The third-order valence-corrected chi connectivity index (χ3v) is 4.75. The lowest BCUT2D eigenvalue weighted by Gasteiger charge is -2.28. The molecule has 1 aliphatic rings. The SMILES string of the molecule is CC=CCC(=O)N1CCCN1C(=O)c1ccccc1S(C)(=O)=O. The van der Waals surface area contributed by atoms with Gasteiger partial charge >= 0.3 is 0 Å². The Kier molecular flexibility index (Phi) is 5.20. The molecule has 0 aliphatic carbocycles. The summed E-state index contributed by atoms with van der Waals surface area (Å²) in [5.74, 6) is -0.636. The van der Waals surface area contributed by atoms with E-state index in [-0.39, 0.29) is 22.8 Å². The molecule has 0 unspecified atom stereocenters. The van der Waals surface area contributed by atoms with Crippen LogP contribution in [0.1, 0.15) is 30.1 Å². The fourth-order valence-corrected chi connectivity index (χ4v) is 3.39. The van der Waals surface area contributed by atoms with Gasteiger partial charge in [0.1, 0.15) is 0 Å². The Balaban J connectivity index is 2.32. The fourth-order valence-electron chi connectivity index (χ4n) is 2.51. The van der Waals surface area contributed by atoms with Crippen LogP contribution >= 0.6 is 0 Å². The molecule has 124 valence electrons. The van der Waals surface area contributed by atoms with Crippen LogP contribution in [0.4, 0.5) is 0 Å². The first-order chi connectivity index (χ1) is 10.9. The Labute approximate surface area is 136 Å². The maximum absolute atomic E-state index is 12.8. The van der Waals surface area contributed by atoms with E-state index in [2.05, 4.69) is 0 Å². The van der Waals surface area contributed by atoms with Gasteiger partial charge in [0.15, 0.2) is 9.84 Å². The molecule has 1 aromatic rings. The van der Waals surface area contributed by atoms with Crippen LogP contribution in [0.3, 0.4) is 0 Å². The predicted molar refractivity (Wildman–Crippen MR) is 86.3 cm³/mol. The van der Waals surface area contributed by atoms with Crippen molar-refractivity contribution in [3.05, 3.63) is 42.0 Å². The Bertz CT molecular complexity index is 740. The number of hydrogen-bond acceptors (Lipinski definition) is 4. The third kappa shape index (κ3) is 3.79. The van der Waals surface area contributed by atoms with Gasteiger partial charge in [0.2, 0.25) is 5.91 Å². The van der Waals surface area contributed by atoms with E-state index in [0.717, 1.165) is 6.26 Å². The average Bonchev–Trinajstić information content (AvgIpc) is 3.00. The lowest BCUT2D eigenvalue weighted by atomic mass is 10.2. The average molecular weight is 336 g/mol. The summed E-state index contributed by atoms with van der Waals surface area (Å²) in [6, 6.07) is 6.08. The van der Waals surface area contributed by atoms with Gasteiger partial charge < -0.3 is 0 Å². The van der Waals surface area contributed by atoms with E-state index in [0.29, 0.717) is 19.5 Å². The summed E-state index contributed by atoms with van der Waals surface area (Å²) in [6.45, 7) is 2.68. The van der Waals surface area contributed by atoms with Gasteiger partial charge in [-0.25, -0.2) is 13.4 Å². The van der Waals surface area contributed by atoms with Crippen molar-refractivity contribution in [3.8, 4) is 0 Å². The molecule has 1 aromatic carbocycles. The first kappa shape index (κ1) is 17.2. The summed E-state index contributed by atoms with van der Waals surface area (Å²) in [7, 11) is -3.52. The highest BCUT2D eigenvalue weighted by molar-refractivity contribution is 7.90. The number of hydrazine groups is 1. The normalized spacial score (nSPS) is 15.4.